The van der Waals surface area contributed by atoms with Gasteiger partial charge in [-0.3, -0.25) is 11.3 Å². The standard InChI is InChI=1S/C17H24N2O/c18-19-16(14-8-12-7-13(12)9-14)10-17-15-4-2-1-3-11(15)5-6-20-17/h1-4,12-14,16-17,19H,5-10,18H2. The van der Waals surface area contributed by atoms with Gasteiger partial charge in [-0.1, -0.05) is 24.3 Å². The molecule has 108 valence electrons. The summed E-state index contributed by atoms with van der Waals surface area (Å²) in [6, 6.07) is 9.11. The van der Waals surface area contributed by atoms with E-state index in [1.807, 2.05) is 0 Å². The lowest BCUT2D eigenvalue weighted by molar-refractivity contribution is 0.0240. The third-order valence-corrected chi connectivity index (χ3v) is 5.62. The van der Waals surface area contributed by atoms with Crippen LogP contribution < -0.4 is 11.3 Å². The van der Waals surface area contributed by atoms with Crippen LogP contribution in [0.2, 0.25) is 0 Å². The maximum atomic E-state index is 6.04. The van der Waals surface area contributed by atoms with Crippen LogP contribution in [0.3, 0.4) is 0 Å². The Kier molecular flexibility index (Phi) is 3.29. The number of hydrogen-bond donors (Lipinski definition) is 2. The first-order chi connectivity index (χ1) is 9.85. The van der Waals surface area contributed by atoms with Gasteiger partial charge in [0.25, 0.3) is 0 Å². The first kappa shape index (κ1) is 12.8. The molecule has 0 spiro atoms. The molecule has 1 heterocycles. The fraction of sp³-hybridized carbons (Fsp3) is 0.647. The minimum Gasteiger partial charge on any atom is -0.373 e. The highest BCUT2D eigenvalue weighted by molar-refractivity contribution is 5.31. The smallest absolute Gasteiger partial charge is 0.0843 e. The van der Waals surface area contributed by atoms with Gasteiger partial charge in [-0.2, -0.15) is 0 Å². The Hall–Kier alpha value is -0.900. The second-order valence-electron chi connectivity index (χ2n) is 6.80. The molecule has 0 saturated heterocycles. The monoisotopic (exact) mass is 272 g/mol. The summed E-state index contributed by atoms with van der Waals surface area (Å²) in [4.78, 5) is 0. The molecule has 0 amide bonds. The van der Waals surface area contributed by atoms with Gasteiger partial charge < -0.3 is 4.74 Å². The summed E-state index contributed by atoms with van der Waals surface area (Å²) >= 11 is 0. The predicted octanol–water partition coefficient (Wildman–Crippen LogP) is 2.57. The lowest BCUT2D eigenvalue weighted by atomic mass is 9.87. The molecule has 2 fully saturated rings. The van der Waals surface area contributed by atoms with Gasteiger partial charge in [0.15, 0.2) is 0 Å². The van der Waals surface area contributed by atoms with Gasteiger partial charge in [-0.05, 0) is 61.0 Å². The van der Waals surface area contributed by atoms with Crippen LogP contribution in [0, 0.1) is 17.8 Å². The lowest BCUT2D eigenvalue weighted by Crippen LogP contribution is -2.42. The van der Waals surface area contributed by atoms with Crippen molar-refractivity contribution in [3.8, 4) is 0 Å². The fourth-order valence-corrected chi connectivity index (χ4v) is 4.39. The summed E-state index contributed by atoms with van der Waals surface area (Å²) < 4.78 is 6.04. The number of nitrogens with two attached hydrogens (primary N) is 1. The predicted molar refractivity (Wildman–Crippen MR) is 78.9 cm³/mol. The van der Waals surface area contributed by atoms with Gasteiger partial charge in [0, 0.05) is 6.04 Å². The van der Waals surface area contributed by atoms with Gasteiger partial charge in [-0.25, -0.2) is 0 Å². The van der Waals surface area contributed by atoms with Crippen molar-refractivity contribution in [1.82, 2.24) is 5.43 Å². The molecule has 4 rings (SSSR count). The van der Waals surface area contributed by atoms with Crippen molar-refractivity contribution in [3.05, 3.63) is 35.4 Å². The van der Waals surface area contributed by atoms with E-state index >= 15 is 0 Å². The quantitative estimate of drug-likeness (QED) is 0.654. The van der Waals surface area contributed by atoms with Crippen molar-refractivity contribution in [1.29, 1.82) is 0 Å². The zero-order chi connectivity index (χ0) is 13.5. The van der Waals surface area contributed by atoms with Gasteiger partial charge in [0.2, 0.25) is 0 Å². The van der Waals surface area contributed by atoms with Crippen LogP contribution in [0.25, 0.3) is 0 Å². The van der Waals surface area contributed by atoms with Crippen molar-refractivity contribution < 1.29 is 4.74 Å². The summed E-state index contributed by atoms with van der Waals surface area (Å²) in [7, 11) is 0. The molecule has 4 atom stereocenters. The van der Waals surface area contributed by atoms with Gasteiger partial charge in [-0.15, -0.1) is 0 Å². The van der Waals surface area contributed by atoms with Crippen LogP contribution in [0.5, 0.6) is 0 Å². The van der Waals surface area contributed by atoms with Crippen molar-refractivity contribution >= 4 is 0 Å². The number of rotatable bonds is 4. The average Bonchev–Trinajstić information content (AvgIpc) is 3.11. The number of hydrogen-bond acceptors (Lipinski definition) is 3. The molecule has 4 unspecified atom stereocenters. The molecule has 0 aromatic heterocycles. The van der Waals surface area contributed by atoms with Gasteiger partial charge in [0.05, 0.1) is 12.7 Å². The first-order valence-electron chi connectivity index (χ1n) is 8.00. The fourth-order valence-electron chi connectivity index (χ4n) is 4.39. The summed E-state index contributed by atoms with van der Waals surface area (Å²) in [6.45, 7) is 0.842. The van der Waals surface area contributed by atoms with E-state index in [4.69, 9.17) is 10.6 Å². The molecule has 1 aliphatic heterocycles. The third kappa shape index (κ3) is 2.28. The minimum absolute atomic E-state index is 0.220. The zero-order valence-corrected chi connectivity index (χ0v) is 11.9. The Morgan fingerprint density at radius 1 is 1.20 bits per heavy atom. The molecule has 0 bridgehead atoms. The molecule has 3 N–H and O–H groups in total. The van der Waals surface area contributed by atoms with Crippen LogP contribution in [0.15, 0.2) is 24.3 Å². The van der Waals surface area contributed by atoms with E-state index in [0.29, 0.717) is 6.04 Å². The van der Waals surface area contributed by atoms with Crippen LogP contribution in [0.4, 0.5) is 0 Å². The number of nitrogens with one attached hydrogen (secondary N) is 1. The highest BCUT2D eigenvalue weighted by Crippen LogP contribution is 2.55. The third-order valence-electron chi connectivity index (χ3n) is 5.62. The Balaban J connectivity index is 1.47. The number of benzene rings is 1. The second-order valence-corrected chi connectivity index (χ2v) is 6.80. The van der Waals surface area contributed by atoms with Crippen LogP contribution in [-0.4, -0.2) is 12.6 Å². The van der Waals surface area contributed by atoms with E-state index < -0.39 is 0 Å². The van der Waals surface area contributed by atoms with E-state index in [1.54, 1.807) is 0 Å². The van der Waals surface area contributed by atoms with E-state index in [-0.39, 0.29) is 6.10 Å². The summed E-state index contributed by atoms with van der Waals surface area (Å²) in [5, 5.41) is 0. The van der Waals surface area contributed by atoms with Crippen molar-refractivity contribution in [2.75, 3.05) is 6.61 Å². The average molecular weight is 272 g/mol. The minimum atomic E-state index is 0.220. The number of fused-ring (bicyclic) bond motifs is 2. The SMILES string of the molecule is NNC(CC1OCCc2ccccc21)C1CC2CC2C1. The van der Waals surface area contributed by atoms with Crippen molar-refractivity contribution in [2.45, 2.75) is 44.2 Å². The van der Waals surface area contributed by atoms with Crippen LogP contribution >= 0.6 is 0 Å². The Morgan fingerprint density at radius 3 is 2.80 bits per heavy atom. The molecule has 3 nitrogen and oxygen atoms in total. The van der Waals surface area contributed by atoms with Crippen molar-refractivity contribution in [2.24, 2.45) is 23.6 Å². The van der Waals surface area contributed by atoms with Crippen molar-refractivity contribution in [3.63, 3.8) is 0 Å². The zero-order valence-electron chi connectivity index (χ0n) is 11.9. The van der Waals surface area contributed by atoms with E-state index in [2.05, 4.69) is 29.7 Å². The van der Waals surface area contributed by atoms with Gasteiger partial charge in [0.1, 0.15) is 0 Å². The molecule has 1 aromatic carbocycles. The van der Waals surface area contributed by atoms with Crippen LogP contribution in [-0.2, 0) is 11.2 Å². The highest BCUT2D eigenvalue weighted by atomic mass is 16.5. The first-order valence-corrected chi connectivity index (χ1v) is 8.00. The highest BCUT2D eigenvalue weighted by Gasteiger charge is 2.48. The normalized spacial score (nSPS) is 36.2. The summed E-state index contributed by atoms with van der Waals surface area (Å²) in [5.74, 6) is 8.62. The molecule has 20 heavy (non-hydrogen) atoms. The summed E-state index contributed by atoms with van der Waals surface area (Å²) in [6.07, 6.45) is 6.48. The number of hydrazine groups is 1. The molecule has 3 aliphatic rings. The lowest BCUT2D eigenvalue weighted by Gasteiger charge is -2.32. The molecule has 3 heteroatoms. The Bertz CT molecular complexity index is 480. The largest absolute Gasteiger partial charge is 0.373 e. The summed E-state index contributed by atoms with van der Waals surface area (Å²) in [5.41, 5.74) is 5.91. The molecular weight excluding hydrogens is 248 g/mol. The number of ether oxygens (including phenoxy) is 1. The van der Waals surface area contributed by atoms with E-state index in [0.717, 1.165) is 37.2 Å². The molecule has 1 aromatic rings. The van der Waals surface area contributed by atoms with Crippen LogP contribution in [0.1, 0.15) is 42.9 Å². The van der Waals surface area contributed by atoms with Gasteiger partial charge >= 0.3 is 0 Å². The topological polar surface area (TPSA) is 47.3 Å². The Labute approximate surface area is 120 Å². The second kappa shape index (κ2) is 5.14. The molecule has 0 radical (unpaired) electrons. The molecule has 2 saturated carbocycles. The molecular formula is C17H24N2O. The van der Waals surface area contributed by atoms with E-state index in [9.17, 15) is 0 Å². The maximum absolute atomic E-state index is 6.04. The van der Waals surface area contributed by atoms with E-state index in [1.165, 1.54) is 30.4 Å². The maximum Gasteiger partial charge on any atom is 0.0843 e. The Morgan fingerprint density at radius 2 is 2.00 bits per heavy atom. The molecule has 2 aliphatic carbocycles.